The Morgan fingerprint density at radius 2 is 1.82 bits per heavy atom. The van der Waals surface area contributed by atoms with E-state index < -0.39 is 6.10 Å². The molecule has 0 aliphatic carbocycles. The number of ether oxygens (including phenoxy) is 1. The van der Waals surface area contributed by atoms with Crippen molar-refractivity contribution in [3.05, 3.63) is 65.2 Å². The fourth-order valence-corrected chi connectivity index (χ4v) is 2.64. The fraction of sp³-hybridized carbons (Fsp3) is 0.368. The summed E-state index contributed by atoms with van der Waals surface area (Å²) in [5.41, 5.74) is 3.46. The molecule has 118 valence electrons. The minimum absolute atomic E-state index is 0.193. The molecule has 0 spiro atoms. The highest BCUT2D eigenvalue weighted by Gasteiger charge is 2.13. The first kappa shape index (κ1) is 16.5. The zero-order valence-electron chi connectivity index (χ0n) is 13.2. The molecule has 0 aliphatic rings. The predicted molar refractivity (Wildman–Crippen MR) is 88.1 cm³/mol. The highest BCUT2D eigenvalue weighted by molar-refractivity contribution is 5.37. The number of aliphatic hydroxyl groups excluding tert-OH is 2. The van der Waals surface area contributed by atoms with Crippen LogP contribution in [0.1, 0.15) is 36.0 Å². The van der Waals surface area contributed by atoms with Gasteiger partial charge in [0.05, 0.1) is 12.7 Å². The number of hydrogen-bond donors (Lipinski definition) is 2. The van der Waals surface area contributed by atoms with E-state index in [2.05, 4.69) is 6.92 Å². The summed E-state index contributed by atoms with van der Waals surface area (Å²) in [5, 5.41) is 18.5. The van der Waals surface area contributed by atoms with Gasteiger partial charge in [-0.3, -0.25) is 0 Å². The maximum Gasteiger partial charge on any atom is 0.120 e. The summed E-state index contributed by atoms with van der Waals surface area (Å²) in [4.78, 5) is 0. The minimum atomic E-state index is -0.664. The van der Waals surface area contributed by atoms with Gasteiger partial charge in [-0.1, -0.05) is 43.3 Å². The lowest BCUT2D eigenvalue weighted by Crippen LogP contribution is -2.15. The van der Waals surface area contributed by atoms with Crippen molar-refractivity contribution in [3.8, 4) is 5.75 Å². The Morgan fingerprint density at radius 1 is 1.09 bits per heavy atom. The fourth-order valence-electron chi connectivity index (χ4n) is 2.64. The summed E-state index contributed by atoms with van der Waals surface area (Å²) >= 11 is 0. The van der Waals surface area contributed by atoms with Gasteiger partial charge in [-0.2, -0.15) is 0 Å². The molecule has 2 rings (SSSR count). The highest BCUT2D eigenvalue weighted by atomic mass is 16.5. The third kappa shape index (κ3) is 4.58. The Labute approximate surface area is 132 Å². The van der Waals surface area contributed by atoms with Crippen molar-refractivity contribution < 1.29 is 14.9 Å². The van der Waals surface area contributed by atoms with Crippen LogP contribution in [0.15, 0.2) is 48.5 Å². The van der Waals surface area contributed by atoms with Gasteiger partial charge in [0.25, 0.3) is 0 Å². The molecule has 0 heterocycles. The van der Waals surface area contributed by atoms with E-state index in [9.17, 15) is 5.11 Å². The van der Waals surface area contributed by atoms with Gasteiger partial charge >= 0.3 is 0 Å². The van der Waals surface area contributed by atoms with Gasteiger partial charge in [0, 0.05) is 0 Å². The van der Waals surface area contributed by atoms with Crippen molar-refractivity contribution in [2.75, 3.05) is 6.61 Å². The van der Waals surface area contributed by atoms with Gasteiger partial charge in [0.1, 0.15) is 12.4 Å². The van der Waals surface area contributed by atoms with E-state index in [-0.39, 0.29) is 12.5 Å². The lowest BCUT2D eigenvalue weighted by atomic mass is 9.91. The molecule has 2 N–H and O–H groups in total. The molecular weight excluding hydrogens is 276 g/mol. The Hall–Kier alpha value is -1.84. The molecule has 0 amide bonds. The van der Waals surface area contributed by atoms with Crippen LogP contribution in [0.5, 0.6) is 5.75 Å². The Kier molecular flexibility index (Phi) is 5.99. The summed E-state index contributed by atoms with van der Waals surface area (Å²) in [6, 6.07) is 16.1. The molecule has 22 heavy (non-hydrogen) atoms. The zero-order valence-corrected chi connectivity index (χ0v) is 13.2. The largest absolute Gasteiger partial charge is 0.489 e. The highest BCUT2D eigenvalue weighted by Crippen LogP contribution is 2.27. The monoisotopic (exact) mass is 300 g/mol. The van der Waals surface area contributed by atoms with E-state index >= 15 is 0 Å². The molecule has 0 bridgehead atoms. The third-order valence-corrected chi connectivity index (χ3v) is 3.86. The molecule has 0 aliphatic heterocycles. The van der Waals surface area contributed by atoms with E-state index in [1.54, 1.807) is 0 Å². The average molecular weight is 300 g/mol. The zero-order chi connectivity index (χ0) is 15.9. The molecule has 2 atom stereocenters. The number of rotatable bonds is 7. The molecule has 2 aromatic carbocycles. The van der Waals surface area contributed by atoms with Crippen LogP contribution in [0.2, 0.25) is 0 Å². The summed E-state index contributed by atoms with van der Waals surface area (Å²) in [5.74, 6) is 1.05. The van der Waals surface area contributed by atoms with Crippen molar-refractivity contribution in [2.24, 2.45) is 0 Å². The molecule has 0 saturated carbocycles. The number of aryl methyl sites for hydroxylation is 1. The first-order valence-electron chi connectivity index (χ1n) is 7.66. The maximum absolute atomic E-state index is 9.57. The van der Waals surface area contributed by atoms with E-state index in [4.69, 9.17) is 9.84 Å². The first-order valence-corrected chi connectivity index (χ1v) is 7.66. The molecular formula is C19H24O3. The average Bonchev–Trinajstić information content (AvgIpc) is 2.53. The third-order valence-electron chi connectivity index (χ3n) is 3.86. The molecule has 2 unspecified atom stereocenters. The quantitative estimate of drug-likeness (QED) is 0.823. The second-order valence-electron chi connectivity index (χ2n) is 5.77. The molecule has 0 aromatic heterocycles. The number of aliphatic hydroxyl groups is 2. The minimum Gasteiger partial charge on any atom is -0.489 e. The molecule has 0 fully saturated rings. The molecule has 0 radical (unpaired) electrons. The first-order chi connectivity index (χ1) is 10.6. The van der Waals surface area contributed by atoms with Crippen molar-refractivity contribution in [2.45, 2.75) is 38.9 Å². The normalized spacial score (nSPS) is 13.6. The molecule has 0 saturated heterocycles. The van der Waals surface area contributed by atoms with Gasteiger partial charge in [-0.25, -0.2) is 0 Å². The Balaban J connectivity index is 2.00. The SMILES string of the molecule is Cc1cc(OCc2ccccc2)ccc1C(C)CC(O)CO. The molecule has 3 heteroatoms. The number of benzene rings is 2. The van der Waals surface area contributed by atoms with Crippen LogP contribution in [0.4, 0.5) is 0 Å². The van der Waals surface area contributed by atoms with Crippen molar-refractivity contribution in [1.29, 1.82) is 0 Å². The van der Waals surface area contributed by atoms with Gasteiger partial charge < -0.3 is 14.9 Å². The molecule has 2 aromatic rings. The Bertz CT molecular complexity index is 580. The smallest absolute Gasteiger partial charge is 0.120 e. The second-order valence-corrected chi connectivity index (χ2v) is 5.77. The summed E-state index contributed by atoms with van der Waals surface area (Å²) in [6.07, 6.45) is -0.106. The Morgan fingerprint density at radius 3 is 2.45 bits per heavy atom. The van der Waals surface area contributed by atoms with Gasteiger partial charge in [0.2, 0.25) is 0 Å². The van der Waals surface area contributed by atoms with Gasteiger partial charge in [-0.15, -0.1) is 0 Å². The predicted octanol–water partition coefficient (Wildman–Crippen LogP) is 3.42. The van der Waals surface area contributed by atoms with Crippen LogP contribution in [-0.2, 0) is 6.61 Å². The van der Waals surface area contributed by atoms with Gasteiger partial charge in [0.15, 0.2) is 0 Å². The van der Waals surface area contributed by atoms with E-state index in [1.807, 2.05) is 55.5 Å². The van der Waals surface area contributed by atoms with Gasteiger partial charge in [-0.05, 0) is 48.1 Å². The lowest BCUT2D eigenvalue weighted by Gasteiger charge is -2.18. The second kappa shape index (κ2) is 7.97. The van der Waals surface area contributed by atoms with Crippen molar-refractivity contribution in [1.82, 2.24) is 0 Å². The lowest BCUT2D eigenvalue weighted by molar-refractivity contribution is 0.0835. The van der Waals surface area contributed by atoms with Crippen LogP contribution in [0.3, 0.4) is 0 Å². The maximum atomic E-state index is 9.57. The molecule has 3 nitrogen and oxygen atoms in total. The van der Waals surface area contributed by atoms with Crippen LogP contribution < -0.4 is 4.74 Å². The van der Waals surface area contributed by atoms with Crippen LogP contribution in [-0.4, -0.2) is 22.9 Å². The van der Waals surface area contributed by atoms with E-state index in [0.717, 1.165) is 16.9 Å². The van der Waals surface area contributed by atoms with E-state index in [1.165, 1.54) is 5.56 Å². The van der Waals surface area contributed by atoms with Crippen LogP contribution >= 0.6 is 0 Å². The van der Waals surface area contributed by atoms with Crippen LogP contribution in [0, 0.1) is 6.92 Å². The number of hydrogen-bond acceptors (Lipinski definition) is 3. The van der Waals surface area contributed by atoms with Crippen LogP contribution in [0.25, 0.3) is 0 Å². The van der Waals surface area contributed by atoms with Crippen molar-refractivity contribution >= 4 is 0 Å². The van der Waals surface area contributed by atoms with Crippen molar-refractivity contribution in [3.63, 3.8) is 0 Å². The topological polar surface area (TPSA) is 49.7 Å². The summed E-state index contributed by atoms with van der Waals surface area (Å²) < 4.78 is 5.82. The summed E-state index contributed by atoms with van der Waals surface area (Å²) in [7, 11) is 0. The van der Waals surface area contributed by atoms with E-state index in [0.29, 0.717) is 13.0 Å². The standard InChI is InChI=1S/C19H24O3/c1-14(10-17(21)12-20)19-9-8-18(11-15(19)2)22-13-16-6-4-3-5-7-16/h3-9,11,14,17,20-21H,10,12-13H2,1-2H3. The summed E-state index contributed by atoms with van der Waals surface area (Å²) in [6.45, 7) is 4.47.